The first-order valence-electron chi connectivity index (χ1n) is 9.84. The fourth-order valence-corrected chi connectivity index (χ4v) is 3.29. The number of nitrogens with one attached hydrogen (secondary N) is 1. The number of rotatable bonds is 7. The van der Waals surface area contributed by atoms with Crippen LogP contribution in [0.5, 0.6) is 11.5 Å². The lowest BCUT2D eigenvalue weighted by atomic mass is 10.1. The molecule has 1 atom stereocenters. The van der Waals surface area contributed by atoms with Gasteiger partial charge in [-0.2, -0.15) is 0 Å². The summed E-state index contributed by atoms with van der Waals surface area (Å²) >= 11 is 5.16. The highest BCUT2D eigenvalue weighted by molar-refractivity contribution is 7.80. The summed E-state index contributed by atoms with van der Waals surface area (Å²) in [5.41, 5.74) is 0.615. The Hall–Kier alpha value is -3.72. The molecule has 166 valence electrons. The first-order valence-corrected chi connectivity index (χ1v) is 10.3. The zero-order chi connectivity index (χ0) is 23.4. The smallest absolute Gasteiger partial charge is 0.335 e. The molecule has 1 saturated heterocycles. The maximum absolute atomic E-state index is 13.1. The molecule has 1 aliphatic heterocycles. The maximum Gasteiger partial charge on any atom is 0.335 e. The zero-order valence-corrected chi connectivity index (χ0v) is 18.6. The third-order valence-electron chi connectivity index (χ3n) is 4.85. The van der Waals surface area contributed by atoms with Crippen LogP contribution in [0.2, 0.25) is 0 Å². The fourth-order valence-electron chi connectivity index (χ4n) is 3.01. The second-order valence-corrected chi connectivity index (χ2v) is 7.45. The standard InChI is InChI=1S/C23H22N2O6S/c1-4-13(2)31-18-9-8-14(11-19(18)30-3)10-17-20(26)24-23(32)25(21(17)27)16-7-5-6-15(12-16)22(28)29/h5-13H,4H2,1-3H3,(H,28,29)(H,24,26,32). The van der Waals surface area contributed by atoms with Crippen molar-refractivity contribution in [1.82, 2.24) is 5.32 Å². The molecule has 2 N–H and O–H groups in total. The van der Waals surface area contributed by atoms with Crippen LogP contribution in [0.4, 0.5) is 5.69 Å². The first-order chi connectivity index (χ1) is 15.2. The van der Waals surface area contributed by atoms with E-state index in [1.807, 2.05) is 13.8 Å². The van der Waals surface area contributed by atoms with E-state index >= 15 is 0 Å². The Labute approximate surface area is 190 Å². The highest BCUT2D eigenvalue weighted by atomic mass is 32.1. The molecule has 1 heterocycles. The third kappa shape index (κ3) is 4.78. The van der Waals surface area contributed by atoms with E-state index in [0.717, 1.165) is 11.3 Å². The summed E-state index contributed by atoms with van der Waals surface area (Å²) in [5.74, 6) is -1.44. The lowest BCUT2D eigenvalue weighted by Crippen LogP contribution is -2.54. The molecule has 0 radical (unpaired) electrons. The normalized spacial score (nSPS) is 16.0. The lowest BCUT2D eigenvalue weighted by molar-refractivity contribution is -0.122. The van der Waals surface area contributed by atoms with Crippen molar-refractivity contribution in [3.8, 4) is 11.5 Å². The second-order valence-electron chi connectivity index (χ2n) is 7.06. The first kappa shape index (κ1) is 23.0. The van der Waals surface area contributed by atoms with Gasteiger partial charge in [-0.05, 0) is 67.5 Å². The summed E-state index contributed by atoms with van der Waals surface area (Å²) in [4.78, 5) is 38.0. The molecular formula is C23H22N2O6S. The fraction of sp³-hybridized carbons (Fsp3) is 0.217. The lowest BCUT2D eigenvalue weighted by Gasteiger charge is -2.29. The van der Waals surface area contributed by atoms with Crippen LogP contribution in [-0.4, -0.2) is 41.2 Å². The number of nitrogens with zero attached hydrogens (tertiary/aromatic N) is 1. The molecule has 1 aliphatic rings. The molecule has 32 heavy (non-hydrogen) atoms. The summed E-state index contributed by atoms with van der Waals surface area (Å²) in [6, 6.07) is 10.8. The number of ether oxygens (including phenoxy) is 2. The van der Waals surface area contributed by atoms with Crippen molar-refractivity contribution >= 4 is 46.9 Å². The number of carbonyl (C=O) groups is 3. The van der Waals surface area contributed by atoms with E-state index in [9.17, 15) is 19.5 Å². The highest BCUT2D eigenvalue weighted by Gasteiger charge is 2.34. The number of amides is 2. The highest BCUT2D eigenvalue weighted by Crippen LogP contribution is 2.31. The number of anilines is 1. The SMILES string of the molecule is CCC(C)Oc1ccc(C=C2C(=O)NC(=S)N(c3cccc(C(=O)O)c3)C2=O)cc1OC. The van der Waals surface area contributed by atoms with E-state index < -0.39 is 17.8 Å². The van der Waals surface area contributed by atoms with Crippen LogP contribution in [0.1, 0.15) is 36.2 Å². The summed E-state index contributed by atoms with van der Waals surface area (Å²) < 4.78 is 11.2. The molecule has 0 spiro atoms. The molecular weight excluding hydrogens is 432 g/mol. The predicted molar refractivity (Wildman–Crippen MR) is 123 cm³/mol. The van der Waals surface area contributed by atoms with Crippen molar-refractivity contribution in [2.45, 2.75) is 26.4 Å². The van der Waals surface area contributed by atoms with Crippen LogP contribution in [0, 0.1) is 0 Å². The monoisotopic (exact) mass is 454 g/mol. The number of carbonyl (C=O) groups excluding carboxylic acids is 2. The molecule has 0 saturated carbocycles. The number of thiocarbonyl (C=S) groups is 1. The van der Waals surface area contributed by atoms with E-state index in [-0.39, 0.29) is 28.0 Å². The maximum atomic E-state index is 13.1. The van der Waals surface area contributed by atoms with E-state index in [2.05, 4.69) is 5.32 Å². The summed E-state index contributed by atoms with van der Waals surface area (Å²) in [5, 5.41) is 11.6. The molecule has 9 heteroatoms. The van der Waals surface area contributed by atoms with Crippen LogP contribution in [0.25, 0.3) is 6.08 Å². The molecule has 3 rings (SSSR count). The Balaban J connectivity index is 1.97. The van der Waals surface area contributed by atoms with E-state index in [0.29, 0.717) is 17.1 Å². The van der Waals surface area contributed by atoms with Crippen molar-refractivity contribution in [2.75, 3.05) is 12.0 Å². The van der Waals surface area contributed by atoms with E-state index in [1.54, 1.807) is 18.2 Å². The van der Waals surface area contributed by atoms with Crippen molar-refractivity contribution < 1.29 is 29.0 Å². The van der Waals surface area contributed by atoms with Crippen LogP contribution in [0.3, 0.4) is 0 Å². The van der Waals surface area contributed by atoms with Gasteiger partial charge in [-0.3, -0.25) is 19.8 Å². The summed E-state index contributed by atoms with van der Waals surface area (Å²) in [6.07, 6.45) is 2.24. The van der Waals surface area contributed by atoms with Crippen molar-refractivity contribution in [3.63, 3.8) is 0 Å². The molecule has 2 aromatic rings. The molecule has 0 bridgehead atoms. The molecule has 1 unspecified atom stereocenters. The van der Waals surface area contributed by atoms with E-state index in [1.165, 1.54) is 37.5 Å². The molecule has 0 aliphatic carbocycles. The van der Waals surface area contributed by atoms with E-state index in [4.69, 9.17) is 21.7 Å². The quantitative estimate of drug-likeness (QED) is 0.375. The number of methoxy groups -OCH3 is 1. The van der Waals surface area contributed by atoms with Gasteiger partial charge in [0.1, 0.15) is 5.57 Å². The third-order valence-corrected chi connectivity index (χ3v) is 5.14. The van der Waals surface area contributed by atoms with Gasteiger partial charge in [-0.15, -0.1) is 0 Å². The van der Waals surface area contributed by atoms with Crippen LogP contribution >= 0.6 is 12.2 Å². The second kappa shape index (κ2) is 9.61. The Morgan fingerprint density at radius 3 is 2.62 bits per heavy atom. The summed E-state index contributed by atoms with van der Waals surface area (Å²) in [7, 11) is 1.50. The van der Waals surface area contributed by atoms with Gasteiger partial charge in [-0.25, -0.2) is 4.79 Å². The number of carboxylic acids is 1. The van der Waals surface area contributed by atoms with Crippen LogP contribution in [-0.2, 0) is 9.59 Å². The Kier molecular flexibility index (Phi) is 6.89. The Morgan fingerprint density at radius 2 is 1.97 bits per heavy atom. The van der Waals surface area contributed by atoms with Crippen molar-refractivity contribution in [2.24, 2.45) is 0 Å². The van der Waals surface area contributed by atoms with Crippen LogP contribution in [0.15, 0.2) is 48.0 Å². The molecule has 2 aromatic carbocycles. The van der Waals surface area contributed by atoms with Gasteiger partial charge in [0.15, 0.2) is 16.6 Å². The van der Waals surface area contributed by atoms with Crippen molar-refractivity contribution in [1.29, 1.82) is 0 Å². The number of aromatic carboxylic acids is 1. The number of hydrogen-bond acceptors (Lipinski definition) is 6. The number of benzene rings is 2. The topological polar surface area (TPSA) is 105 Å². The van der Waals surface area contributed by atoms with Gasteiger partial charge < -0.3 is 14.6 Å². The van der Waals surface area contributed by atoms with Gasteiger partial charge in [0.25, 0.3) is 11.8 Å². The predicted octanol–water partition coefficient (Wildman–Crippen LogP) is 3.40. The van der Waals surface area contributed by atoms with Gasteiger partial charge >= 0.3 is 5.97 Å². The van der Waals surface area contributed by atoms with Gasteiger partial charge in [0.2, 0.25) is 0 Å². The van der Waals surface area contributed by atoms with Crippen LogP contribution < -0.4 is 19.7 Å². The summed E-state index contributed by atoms with van der Waals surface area (Å²) in [6.45, 7) is 3.95. The number of hydrogen-bond donors (Lipinski definition) is 2. The molecule has 1 fully saturated rings. The molecule has 8 nitrogen and oxygen atoms in total. The minimum absolute atomic E-state index is 0.00468. The molecule has 0 aromatic heterocycles. The van der Waals surface area contributed by atoms with Gasteiger partial charge in [0.05, 0.1) is 24.5 Å². The average Bonchev–Trinajstić information content (AvgIpc) is 2.77. The number of carboxylic acid groups (broad SMARTS) is 1. The minimum atomic E-state index is -1.14. The average molecular weight is 455 g/mol. The minimum Gasteiger partial charge on any atom is -0.493 e. The van der Waals surface area contributed by atoms with Gasteiger partial charge in [-0.1, -0.05) is 19.1 Å². The van der Waals surface area contributed by atoms with Gasteiger partial charge in [0, 0.05) is 0 Å². The Bertz CT molecular complexity index is 1130. The largest absolute Gasteiger partial charge is 0.493 e. The molecule has 2 amide bonds. The Morgan fingerprint density at radius 1 is 1.22 bits per heavy atom. The van der Waals surface area contributed by atoms with Crippen molar-refractivity contribution in [3.05, 3.63) is 59.2 Å². The zero-order valence-electron chi connectivity index (χ0n) is 17.7.